The van der Waals surface area contributed by atoms with E-state index in [1.54, 1.807) is 0 Å². The topological polar surface area (TPSA) is 9.23 Å². The van der Waals surface area contributed by atoms with Crippen LogP contribution in [0.5, 0.6) is 5.75 Å². The largest absolute Gasteiger partial charge is 0.494 e. The van der Waals surface area contributed by atoms with Crippen molar-refractivity contribution in [1.82, 2.24) is 0 Å². The van der Waals surface area contributed by atoms with Gasteiger partial charge in [0, 0.05) is 4.43 Å². The van der Waals surface area contributed by atoms with E-state index in [2.05, 4.69) is 71.1 Å². The first-order chi connectivity index (χ1) is 8.88. The molecule has 0 amide bonds. The normalized spacial score (nSPS) is 10.3. The summed E-state index contributed by atoms with van der Waals surface area (Å²) in [4.78, 5) is 0. The van der Waals surface area contributed by atoms with Crippen molar-refractivity contribution < 1.29 is 4.74 Å². The Balaban J connectivity index is 1.91. The third kappa shape index (κ3) is 4.33. The van der Waals surface area contributed by atoms with Crippen molar-refractivity contribution in [2.75, 3.05) is 11.0 Å². The molecule has 0 saturated carbocycles. The van der Waals surface area contributed by atoms with Gasteiger partial charge < -0.3 is 4.74 Å². The summed E-state index contributed by atoms with van der Waals surface area (Å²) in [5.41, 5.74) is 2.67. The number of benzene rings is 2. The standard InChI is InChI=1S/C16H17IO/c17-11-4-12-18-16-9-7-15(8-10-16)13-14-5-2-1-3-6-14/h1-3,5-10H,4,11-13H2. The molecule has 0 aliphatic rings. The molecule has 0 N–H and O–H groups in total. The SMILES string of the molecule is ICCCOc1ccc(Cc2ccccc2)cc1. The van der Waals surface area contributed by atoms with Crippen molar-refractivity contribution in [2.45, 2.75) is 12.8 Å². The second-order valence-electron chi connectivity index (χ2n) is 4.20. The molecule has 94 valence electrons. The van der Waals surface area contributed by atoms with Crippen molar-refractivity contribution in [1.29, 1.82) is 0 Å². The van der Waals surface area contributed by atoms with Crippen LogP contribution in [0.1, 0.15) is 17.5 Å². The molecule has 0 aliphatic carbocycles. The van der Waals surface area contributed by atoms with Gasteiger partial charge in [-0.25, -0.2) is 0 Å². The van der Waals surface area contributed by atoms with E-state index in [0.29, 0.717) is 0 Å². The highest BCUT2D eigenvalue weighted by atomic mass is 127. The molecular formula is C16H17IO. The molecule has 2 aromatic carbocycles. The molecule has 18 heavy (non-hydrogen) atoms. The number of ether oxygens (including phenoxy) is 1. The molecule has 0 heterocycles. The van der Waals surface area contributed by atoms with Gasteiger partial charge >= 0.3 is 0 Å². The Labute approximate surface area is 122 Å². The maximum absolute atomic E-state index is 5.65. The summed E-state index contributed by atoms with van der Waals surface area (Å²) < 4.78 is 6.79. The van der Waals surface area contributed by atoms with Crippen LogP contribution < -0.4 is 4.74 Å². The second kappa shape index (κ2) is 7.41. The molecule has 0 bridgehead atoms. The summed E-state index contributed by atoms with van der Waals surface area (Å²) >= 11 is 2.37. The second-order valence-corrected chi connectivity index (χ2v) is 5.28. The molecule has 2 heteroatoms. The van der Waals surface area contributed by atoms with Gasteiger partial charge in [-0.15, -0.1) is 0 Å². The third-order valence-corrected chi connectivity index (χ3v) is 3.48. The van der Waals surface area contributed by atoms with Crippen molar-refractivity contribution in [2.24, 2.45) is 0 Å². The summed E-state index contributed by atoms with van der Waals surface area (Å²) in [6.45, 7) is 0.807. The zero-order valence-electron chi connectivity index (χ0n) is 10.3. The maximum Gasteiger partial charge on any atom is 0.119 e. The lowest BCUT2D eigenvalue weighted by Crippen LogP contribution is -1.97. The third-order valence-electron chi connectivity index (χ3n) is 2.72. The zero-order chi connectivity index (χ0) is 12.6. The first kappa shape index (κ1) is 13.4. The molecule has 0 atom stereocenters. The van der Waals surface area contributed by atoms with Crippen molar-refractivity contribution in [3.63, 3.8) is 0 Å². The molecule has 2 rings (SSSR count). The lowest BCUT2D eigenvalue weighted by Gasteiger charge is -2.06. The van der Waals surface area contributed by atoms with Gasteiger partial charge in [0.15, 0.2) is 0 Å². The Morgan fingerprint density at radius 2 is 1.50 bits per heavy atom. The van der Waals surface area contributed by atoms with Gasteiger partial charge in [-0.05, 0) is 36.1 Å². The van der Waals surface area contributed by atoms with Crippen LogP contribution in [-0.4, -0.2) is 11.0 Å². The van der Waals surface area contributed by atoms with Crippen LogP contribution in [0.3, 0.4) is 0 Å². The Kier molecular flexibility index (Phi) is 5.52. The number of hydrogen-bond acceptors (Lipinski definition) is 1. The van der Waals surface area contributed by atoms with E-state index in [4.69, 9.17) is 4.74 Å². The van der Waals surface area contributed by atoms with Crippen molar-refractivity contribution >= 4 is 22.6 Å². The van der Waals surface area contributed by atoms with Gasteiger partial charge in [0.1, 0.15) is 5.75 Å². The van der Waals surface area contributed by atoms with E-state index in [-0.39, 0.29) is 0 Å². The highest BCUT2D eigenvalue weighted by molar-refractivity contribution is 14.1. The Morgan fingerprint density at radius 3 is 2.17 bits per heavy atom. The molecule has 0 aromatic heterocycles. The van der Waals surface area contributed by atoms with Crippen LogP contribution in [-0.2, 0) is 6.42 Å². The Morgan fingerprint density at radius 1 is 0.833 bits per heavy atom. The predicted octanol–water partition coefficient (Wildman–Crippen LogP) is 4.48. The minimum absolute atomic E-state index is 0.807. The fourth-order valence-electron chi connectivity index (χ4n) is 1.78. The monoisotopic (exact) mass is 352 g/mol. The van der Waals surface area contributed by atoms with E-state index in [0.717, 1.165) is 29.6 Å². The molecule has 0 fully saturated rings. The smallest absolute Gasteiger partial charge is 0.119 e. The lowest BCUT2D eigenvalue weighted by atomic mass is 10.1. The van der Waals surface area contributed by atoms with E-state index in [1.807, 2.05) is 6.07 Å². The Hall–Kier alpha value is -1.03. The summed E-state index contributed by atoms with van der Waals surface area (Å²) in [6, 6.07) is 18.9. The number of rotatable bonds is 6. The summed E-state index contributed by atoms with van der Waals surface area (Å²) in [7, 11) is 0. The zero-order valence-corrected chi connectivity index (χ0v) is 12.5. The summed E-state index contributed by atoms with van der Waals surface area (Å²) in [5, 5.41) is 0. The number of alkyl halides is 1. The molecule has 0 saturated heterocycles. The first-order valence-corrected chi connectivity index (χ1v) is 7.72. The summed E-state index contributed by atoms with van der Waals surface area (Å²) in [6.07, 6.45) is 2.08. The van der Waals surface area contributed by atoms with Crippen LogP contribution in [0.4, 0.5) is 0 Å². The van der Waals surface area contributed by atoms with Crippen LogP contribution in [0.2, 0.25) is 0 Å². The fourth-order valence-corrected chi connectivity index (χ4v) is 2.09. The first-order valence-electron chi connectivity index (χ1n) is 6.20. The predicted molar refractivity (Wildman–Crippen MR) is 84.7 cm³/mol. The maximum atomic E-state index is 5.65. The van der Waals surface area contributed by atoms with E-state index >= 15 is 0 Å². The van der Waals surface area contributed by atoms with Crippen LogP contribution in [0.15, 0.2) is 54.6 Å². The minimum atomic E-state index is 0.807. The molecule has 0 spiro atoms. The van der Waals surface area contributed by atoms with Gasteiger partial charge in [-0.1, -0.05) is 65.1 Å². The molecular weight excluding hydrogens is 335 g/mol. The highest BCUT2D eigenvalue weighted by Gasteiger charge is 1.97. The van der Waals surface area contributed by atoms with Crippen LogP contribution in [0.25, 0.3) is 0 Å². The van der Waals surface area contributed by atoms with Gasteiger partial charge in [0.2, 0.25) is 0 Å². The molecule has 0 radical (unpaired) electrons. The average Bonchev–Trinajstić information content (AvgIpc) is 2.42. The van der Waals surface area contributed by atoms with Crippen molar-refractivity contribution in [3.8, 4) is 5.75 Å². The van der Waals surface area contributed by atoms with Gasteiger partial charge in [0.25, 0.3) is 0 Å². The van der Waals surface area contributed by atoms with Crippen LogP contribution in [0, 0.1) is 0 Å². The molecule has 0 aliphatic heterocycles. The Bertz CT molecular complexity index is 450. The minimum Gasteiger partial charge on any atom is -0.494 e. The summed E-state index contributed by atoms with van der Waals surface area (Å²) in [5.74, 6) is 0.969. The van der Waals surface area contributed by atoms with Gasteiger partial charge in [0.05, 0.1) is 6.61 Å². The highest BCUT2D eigenvalue weighted by Crippen LogP contribution is 2.15. The lowest BCUT2D eigenvalue weighted by molar-refractivity contribution is 0.319. The van der Waals surface area contributed by atoms with Crippen LogP contribution >= 0.6 is 22.6 Å². The molecule has 1 nitrogen and oxygen atoms in total. The van der Waals surface area contributed by atoms with Gasteiger partial charge in [-0.2, -0.15) is 0 Å². The average molecular weight is 352 g/mol. The molecule has 0 unspecified atom stereocenters. The van der Waals surface area contributed by atoms with E-state index < -0.39 is 0 Å². The van der Waals surface area contributed by atoms with Gasteiger partial charge in [-0.3, -0.25) is 0 Å². The molecule has 2 aromatic rings. The van der Waals surface area contributed by atoms with E-state index in [9.17, 15) is 0 Å². The fraction of sp³-hybridized carbons (Fsp3) is 0.250. The number of hydrogen-bond donors (Lipinski definition) is 0. The number of halogens is 1. The van der Waals surface area contributed by atoms with Crippen molar-refractivity contribution in [3.05, 3.63) is 65.7 Å². The quantitative estimate of drug-likeness (QED) is 0.423. The van der Waals surface area contributed by atoms with E-state index in [1.165, 1.54) is 11.1 Å².